The summed E-state index contributed by atoms with van der Waals surface area (Å²) < 4.78 is 5.31. The molecule has 1 aliphatic heterocycles. The van der Waals surface area contributed by atoms with Crippen LogP contribution >= 0.6 is 0 Å². The fourth-order valence-electron chi connectivity index (χ4n) is 5.70. The maximum atomic E-state index is 13.3. The number of carbonyl (C=O) groups excluding carboxylic acids is 4. The van der Waals surface area contributed by atoms with Crippen LogP contribution in [0.2, 0.25) is 0 Å². The molecule has 0 saturated carbocycles. The van der Waals surface area contributed by atoms with Gasteiger partial charge in [-0.1, -0.05) is 13.0 Å². The van der Waals surface area contributed by atoms with Crippen LogP contribution in [0, 0.1) is 17.8 Å². The van der Waals surface area contributed by atoms with Crippen LogP contribution in [0.1, 0.15) is 66.6 Å². The summed E-state index contributed by atoms with van der Waals surface area (Å²) in [5.74, 6) is -2.27. The van der Waals surface area contributed by atoms with E-state index in [9.17, 15) is 34.5 Å². The Bertz CT molecular complexity index is 1030. The molecule has 0 aromatic heterocycles. The molecule has 1 aromatic rings. The predicted octanol–water partition coefficient (Wildman–Crippen LogP) is 1.79. The van der Waals surface area contributed by atoms with Gasteiger partial charge in [0.05, 0.1) is 31.8 Å². The lowest BCUT2D eigenvalue weighted by Crippen LogP contribution is -2.46. The van der Waals surface area contributed by atoms with Gasteiger partial charge in [0.25, 0.3) is 0 Å². The van der Waals surface area contributed by atoms with Crippen molar-refractivity contribution >= 4 is 23.4 Å². The minimum atomic E-state index is -0.800. The molecule has 3 unspecified atom stereocenters. The minimum Gasteiger partial charge on any atom is -0.507 e. The Labute approximate surface area is 223 Å². The first-order chi connectivity index (χ1) is 18.2. The van der Waals surface area contributed by atoms with Gasteiger partial charge >= 0.3 is 6.03 Å². The lowest BCUT2D eigenvalue weighted by molar-refractivity contribution is -0.131. The Morgan fingerprint density at radius 2 is 1.87 bits per heavy atom. The number of rotatable bonds is 12. The molecule has 0 bridgehead atoms. The van der Waals surface area contributed by atoms with Crippen LogP contribution < -0.4 is 5.32 Å². The van der Waals surface area contributed by atoms with Gasteiger partial charge in [-0.15, -0.1) is 0 Å². The molecule has 10 nitrogen and oxygen atoms in total. The lowest BCUT2D eigenvalue weighted by atomic mass is 9.72. The highest BCUT2D eigenvalue weighted by molar-refractivity contribution is 6.02. The number of phenols is 1. The van der Waals surface area contributed by atoms with Gasteiger partial charge in [-0.25, -0.2) is 4.79 Å². The number of hydrogen-bond acceptors (Lipinski definition) is 8. The molecule has 10 heteroatoms. The zero-order chi connectivity index (χ0) is 27.8. The van der Waals surface area contributed by atoms with Gasteiger partial charge in [-0.05, 0) is 61.1 Å². The number of hydrogen-bond donors (Lipinski definition) is 4. The van der Waals surface area contributed by atoms with Crippen LogP contribution in [0.15, 0.2) is 6.07 Å². The molecular formula is C28H40N2O8. The van der Waals surface area contributed by atoms with Crippen molar-refractivity contribution in [3.05, 3.63) is 28.3 Å². The van der Waals surface area contributed by atoms with Crippen molar-refractivity contribution in [3.8, 4) is 5.75 Å². The van der Waals surface area contributed by atoms with E-state index >= 15 is 0 Å². The van der Waals surface area contributed by atoms with Crippen LogP contribution in [0.3, 0.4) is 0 Å². The summed E-state index contributed by atoms with van der Waals surface area (Å²) in [4.78, 5) is 51.8. The molecular weight excluding hydrogens is 492 g/mol. The van der Waals surface area contributed by atoms with Gasteiger partial charge in [0.15, 0.2) is 5.78 Å². The molecule has 3 rings (SSSR count). The summed E-state index contributed by atoms with van der Waals surface area (Å²) in [6, 6.07) is 1.62. The number of aliphatic hydroxyl groups excluding tert-OH is 2. The number of Topliss-reactive ketones (excluding diaryl/α,β-unsaturated/α-hetero) is 3. The first-order valence-corrected chi connectivity index (χ1v) is 13.4. The number of ketones is 3. The molecule has 0 spiro atoms. The quantitative estimate of drug-likeness (QED) is 0.297. The standard InChI is InChI=1S/C28H40N2O8/c1-3-19-14-21(15-29-28(37)30-5-8-38-9-6-30)22-12-18(13-25(35)26(22)27(19)36)11-20(4-7-31)23(16-32)24(34)10-17(2)33/h14,18,20,23,31-32,36H,3-13,15-16H2,1-2H3,(H,29,37). The van der Waals surface area contributed by atoms with Gasteiger partial charge in [0.2, 0.25) is 0 Å². The number of urea groups is 1. The van der Waals surface area contributed by atoms with Crippen molar-refractivity contribution in [2.75, 3.05) is 39.5 Å². The first kappa shape index (κ1) is 29.7. The summed E-state index contributed by atoms with van der Waals surface area (Å²) in [5.41, 5.74) is 2.38. The smallest absolute Gasteiger partial charge is 0.317 e. The number of amides is 2. The molecule has 1 heterocycles. The van der Waals surface area contributed by atoms with Crippen molar-refractivity contribution in [2.24, 2.45) is 17.8 Å². The lowest BCUT2D eigenvalue weighted by Gasteiger charge is -2.32. The first-order valence-electron chi connectivity index (χ1n) is 13.4. The molecule has 210 valence electrons. The molecule has 2 amide bonds. The van der Waals surface area contributed by atoms with Crippen LogP contribution in [-0.4, -0.2) is 83.1 Å². The van der Waals surface area contributed by atoms with Crippen molar-refractivity contribution in [3.63, 3.8) is 0 Å². The Morgan fingerprint density at radius 1 is 1.16 bits per heavy atom. The van der Waals surface area contributed by atoms with E-state index in [0.29, 0.717) is 62.3 Å². The van der Waals surface area contributed by atoms with E-state index in [1.807, 2.05) is 13.0 Å². The highest BCUT2D eigenvalue weighted by atomic mass is 16.5. The normalized spacial score (nSPS) is 19.0. The average molecular weight is 533 g/mol. The third kappa shape index (κ3) is 7.18. The van der Waals surface area contributed by atoms with Crippen molar-refractivity contribution in [2.45, 2.75) is 58.9 Å². The zero-order valence-corrected chi connectivity index (χ0v) is 22.3. The highest BCUT2D eigenvalue weighted by Crippen LogP contribution is 2.40. The molecule has 0 radical (unpaired) electrons. The molecule has 1 saturated heterocycles. The Morgan fingerprint density at radius 3 is 2.47 bits per heavy atom. The number of carbonyl (C=O) groups is 4. The molecule has 38 heavy (non-hydrogen) atoms. The van der Waals surface area contributed by atoms with Crippen LogP contribution in [0.4, 0.5) is 4.79 Å². The fraction of sp³-hybridized carbons (Fsp3) is 0.643. The highest BCUT2D eigenvalue weighted by Gasteiger charge is 2.35. The third-order valence-corrected chi connectivity index (χ3v) is 7.67. The number of phenolic OH excluding ortho intramolecular Hbond substituents is 1. The monoisotopic (exact) mass is 532 g/mol. The van der Waals surface area contributed by atoms with Crippen LogP contribution in [-0.2, 0) is 33.7 Å². The van der Waals surface area contributed by atoms with Gasteiger partial charge in [-0.2, -0.15) is 0 Å². The molecule has 1 aliphatic carbocycles. The van der Waals surface area contributed by atoms with E-state index in [0.717, 1.165) is 5.56 Å². The zero-order valence-electron chi connectivity index (χ0n) is 22.3. The number of benzene rings is 1. The van der Waals surface area contributed by atoms with E-state index < -0.39 is 18.4 Å². The van der Waals surface area contributed by atoms with E-state index in [2.05, 4.69) is 5.32 Å². The summed E-state index contributed by atoms with van der Waals surface area (Å²) >= 11 is 0. The maximum absolute atomic E-state index is 13.3. The maximum Gasteiger partial charge on any atom is 0.317 e. The van der Waals surface area contributed by atoms with E-state index in [1.54, 1.807) is 4.90 Å². The van der Waals surface area contributed by atoms with E-state index in [4.69, 9.17) is 4.74 Å². The van der Waals surface area contributed by atoms with Crippen LogP contribution in [0.25, 0.3) is 0 Å². The molecule has 1 aromatic carbocycles. The second-order valence-corrected chi connectivity index (χ2v) is 10.3. The molecule has 3 atom stereocenters. The number of aliphatic hydroxyl groups is 2. The summed E-state index contributed by atoms with van der Waals surface area (Å²) in [6.45, 7) is 4.75. The summed E-state index contributed by atoms with van der Waals surface area (Å²) in [5, 5.41) is 33.4. The third-order valence-electron chi connectivity index (χ3n) is 7.67. The fourth-order valence-corrected chi connectivity index (χ4v) is 5.70. The van der Waals surface area contributed by atoms with Crippen LogP contribution in [0.5, 0.6) is 5.75 Å². The van der Waals surface area contributed by atoms with E-state index in [-0.39, 0.29) is 67.5 Å². The number of nitrogens with one attached hydrogen (secondary N) is 1. The van der Waals surface area contributed by atoms with Crippen molar-refractivity contribution < 1.29 is 39.2 Å². The van der Waals surface area contributed by atoms with E-state index in [1.165, 1.54) is 6.92 Å². The van der Waals surface area contributed by atoms with Gasteiger partial charge in [0, 0.05) is 38.6 Å². The van der Waals surface area contributed by atoms with Gasteiger partial charge < -0.3 is 30.3 Å². The van der Waals surface area contributed by atoms with Gasteiger partial charge in [-0.3, -0.25) is 14.4 Å². The molecule has 4 N–H and O–H groups in total. The predicted molar refractivity (Wildman–Crippen MR) is 139 cm³/mol. The Kier molecular flexibility index (Phi) is 10.8. The largest absolute Gasteiger partial charge is 0.507 e. The number of nitrogens with zero attached hydrogens (tertiary/aromatic N) is 1. The summed E-state index contributed by atoms with van der Waals surface area (Å²) in [7, 11) is 0. The van der Waals surface area contributed by atoms with Crippen molar-refractivity contribution in [1.29, 1.82) is 0 Å². The Balaban J connectivity index is 1.84. The summed E-state index contributed by atoms with van der Waals surface area (Å²) in [6.07, 6.45) is 1.51. The Hall–Kier alpha value is -2.82. The van der Waals surface area contributed by atoms with Crippen molar-refractivity contribution in [1.82, 2.24) is 10.2 Å². The second kappa shape index (κ2) is 13.8. The van der Waals surface area contributed by atoms with Gasteiger partial charge in [0.1, 0.15) is 17.3 Å². The SMILES string of the molecule is CCc1cc(CNC(=O)N2CCOCC2)c2c(c1O)C(=O)CC(CC(CCO)C(CO)C(=O)CC(C)=O)C2. The topological polar surface area (TPSA) is 153 Å². The number of aromatic hydroxyl groups is 1. The number of ether oxygens (including phenoxy) is 1. The minimum absolute atomic E-state index is 0.0222. The number of aryl methyl sites for hydroxylation is 1. The second-order valence-electron chi connectivity index (χ2n) is 10.3. The molecule has 1 fully saturated rings. The number of fused-ring (bicyclic) bond motifs is 1. The average Bonchev–Trinajstić information content (AvgIpc) is 2.88. The number of morpholine rings is 1. The molecule has 2 aliphatic rings.